The van der Waals surface area contributed by atoms with Gasteiger partial charge in [0.25, 0.3) is 0 Å². The van der Waals surface area contributed by atoms with Crippen LogP contribution in [0.15, 0.2) is 15.6 Å². The molecule has 0 N–H and O–H groups in total. The maximum atomic E-state index is 13.0. The highest BCUT2D eigenvalue weighted by Gasteiger charge is 2.57. The molecule has 0 aliphatic carbocycles. The fourth-order valence-electron chi connectivity index (χ4n) is 2.50. The van der Waals surface area contributed by atoms with Gasteiger partial charge in [0.1, 0.15) is 5.01 Å². The number of Topliss-reactive ketones (excluding diaryl/α,β-unsaturated/α-hetero) is 1. The zero-order valence-electron chi connectivity index (χ0n) is 14.3. The molecule has 0 radical (unpaired) electrons. The Morgan fingerprint density at radius 3 is 2.72 bits per heavy atom. The number of carbonyl (C=O) groups excluding carboxylic acids is 2. The van der Waals surface area contributed by atoms with Gasteiger partial charge in [0.05, 0.1) is 5.70 Å². The van der Waals surface area contributed by atoms with E-state index >= 15 is 0 Å². The Balaban J connectivity index is 1.93. The molecule has 0 spiro atoms. The summed E-state index contributed by atoms with van der Waals surface area (Å²) >= 11 is 4.51. The number of ketones is 1. The lowest BCUT2D eigenvalue weighted by atomic mass is 9.86. The first-order chi connectivity index (χ1) is 11.7. The fraction of sp³-hybridized carbons (Fsp3) is 0.533. The lowest BCUT2D eigenvalue weighted by Gasteiger charge is -2.42. The first-order valence-corrected chi connectivity index (χ1v) is 10.5. The van der Waals surface area contributed by atoms with Crippen LogP contribution in [0.5, 0.6) is 0 Å². The summed E-state index contributed by atoms with van der Waals surface area (Å²) in [5.41, 5.74) is 9.86. The van der Waals surface area contributed by atoms with E-state index in [1.165, 1.54) is 39.8 Å². The first kappa shape index (κ1) is 18.3. The zero-order valence-corrected chi connectivity index (χ0v) is 16.7. The first-order valence-electron chi connectivity index (χ1n) is 7.61. The minimum Gasteiger partial charge on any atom is -0.361 e. The Labute approximate surface area is 157 Å². The van der Waals surface area contributed by atoms with Gasteiger partial charge in [0.15, 0.2) is 15.5 Å². The van der Waals surface area contributed by atoms with Crippen molar-refractivity contribution in [2.45, 2.75) is 37.4 Å². The summed E-state index contributed by atoms with van der Waals surface area (Å²) in [7, 11) is 0. The maximum Gasteiger partial charge on any atom is 0.389 e. The van der Waals surface area contributed by atoms with Crippen LogP contribution in [-0.2, 0) is 9.59 Å². The van der Waals surface area contributed by atoms with E-state index in [4.69, 9.17) is 5.53 Å². The monoisotopic (exact) mass is 395 g/mol. The van der Waals surface area contributed by atoms with Crippen molar-refractivity contribution in [1.82, 2.24) is 15.1 Å². The van der Waals surface area contributed by atoms with E-state index in [1.807, 2.05) is 27.7 Å². The number of thioether (sulfide) groups is 2. The highest BCUT2D eigenvalue weighted by atomic mass is 32.2. The van der Waals surface area contributed by atoms with E-state index in [1.54, 1.807) is 0 Å². The minimum atomic E-state index is -0.608. The number of rotatable bonds is 4. The molecule has 25 heavy (non-hydrogen) atoms. The average molecular weight is 396 g/mol. The lowest BCUT2D eigenvalue weighted by molar-refractivity contribution is -0.138. The number of nitrogens with zero attached hydrogens (tertiary/aromatic N) is 5. The Hall–Kier alpha value is -1.48. The van der Waals surface area contributed by atoms with Crippen molar-refractivity contribution < 1.29 is 14.4 Å². The Bertz CT molecular complexity index is 832. The summed E-state index contributed by atoms with van der Waals surface area (Å²) in [6.07, 6.45) is 0. The van der Waals surface area contributed by atoms with E-state index in [9.17, 15) is 9.59 Å². The topological polar surface area (TPSA) is 99.6 Å². The van der Waals surface area contributed by atoms with Crippen molar-refractivity contribution in [3.05, 3.63) is 21.8 Å². The van der Waals surface area contributed by atoms with E-state index in [0.717, 1.165) is 14.9 Å². The zero-order chi connectivity index (χ0) is 18.4. The van der Waals surface area contributed by atoms with Crippen LogP contribution in [0.3, 0.4) is 0 Å². The minimum absolute atomic E-state index is 0.0767. The van der Waals surface area contributed by atoms with Crippen molar-refractivity contribution in [2.75, 3.05) is 11.5 Å². The van der Waals surface area contributed by atoms with Gasteiger partial charge in [-0.1, -0.05) is 43.9 Å². The third-order valence-corrected chi connectivity index (χ3v) is 7.10. The Morgan fingerprint density at radius 1 is 1.44 bits per heavy atom. The third-order valence-electron chi connectivity index (χ3n) is 3.78. The van der Waals surface area contributed by atoms with E-state index in [0.29, 0.717) is 17.2 Å². The molecular weight excluding hydrogens is 378 g/mol. The SMILES string of the molecule is Cc1nnc(SCC2=C(C(=O)C(C)(C)C)N3C(=O)C(=[N+]=[N-])[C@@H]3SC2)s1. The van der Waals surface area contributed by atoms with Crippen molar-refractivity contribution in [2.24, 2.45) is 5.41 Å². The van der Waals surface area contributed by atoms with Crippen LogP contribution in [0.2, 0.25) is 0 Å². The second kappa shape index (κ2) is 6.68. The van der Waals surface area contributed by atoms with Crippen molar-refractivity contribution in [1.29, 1.82) is 0 Å². The number of allylic oxidation sites excluding steroid dienone is 1. The number of β-lactam (4-membered cyclic amide) rings is 1. The number of aryl methyl sites for hydroxylation is 1. The van der Waals surface area contributed by atoms with Crippen LogP contribution in [-0.4, -0.2) is 54.2 Å². The van der Waals surface area contributed by atoms with Gasteiger partial charge >= 0.3 is 11.6 Å². The van der Waals surface area contributed by atoms with Crippen molar-refractivity contribution in [3.63, 3.8) is 0 Å². The molecule has 0 aromatic carbocycles. The van der Waals surface area contributed by atoms with Crippen LogP contribution in [0.4, 0.5) is 0 Å². The normalized spacial score (nSPS) is 20.3. The number of carbonyl (C=O) groups is 2. The highest BCUT2D eigenvalue weighted by Crippen LogP contribution is 2.42. The molecule has 1 aromatic heterocycles. The molecule has 0 saturated carbocycles. The number of amides is 1. The summed E-state index contributed by atoms with van der Waals surface area (Å²) < 4.78 is 0.840. The quantitative estimate of drug-likeness (QED) is 0.336. The molecule has 2 aliphatic heterocycles. The van der Waals surface area contributed by atoms with Gasteiger partial charge in [0.2, 0.25) is 0 Å². The van der Waals surface area contributed by atoms with Gasteiger partial charge in [-0.15, -0.1) is 22.0 Å². The molecule has 132 valence electrons. The average Bonchev–Trinajstić information content (AvgIpc) is 2.96. The highest BCUT2D eigenvalue weighted by molar-refractivity contribution is 8.02. The van der Waals surface area contributed by atoms with Crippen molar-refractivity contribution in [3.8, 4) is 0 Å². The maximum absolute atomic E-state index is 13.0. The largest absolute Gasteiger partial charge is 0.389 e. The van der Waals surface area contributed by atoms with Gasteiger partial charge in [-0.05, 0) is 12.5 Å². The second-order valence-corrected chi connectivity index (χ2v) is 10.2. The fourth-order valence-corrected chi connectivity index (χ4v) is 5.70. The van der Waals surface area contributed by atoms with E-state index in [-0.39, 0.29) is 16.9 Å². The predicted molar refractivity (Wildman–Crippen MR) is 98.6 cm³/mol. The molecule has 7 nitrogen and oxygen atoms in total. The molecule has 3 heterocycles. The molecule has 1 atom stereocenters. The summed E-state index contributed by atoms with van der Waals surface area (Å²) in [5.74, 6) is 0.699. The van der Waals surface area contributed by atoms with Gasteiger partial charge in [-0.2, -0.15) is 4.79 Å². The van der Waals surface area contributed by atoms with Crippen LogP contribution < -0.4 is 0 Å². The third kappa shape index (κ3) is 3.31. The van der Waals surface area contributed by atoms with Gasteiger partial charge < -0.3 is 5.53 Å². The molecule has 2 aliphatic rings. The van der Waals surface area contributed by atoms with Gasteiger partial charge in [-0.3, -0.25) is 14.5 Å². The smallest absolute Gasteiger partial charge is 0.361 e. The number of fused-ring (bicyclic) bond motifs is 1. The molecule has 1 fully saturated rings. The van der Waals surface area contributed by atoms with Crippen LogP contribution >= 0.6 is 34.9 Å². The van der Waals surface area contributed by atoms with Gasteiger partial charge in [-0.25, -0.2) is 0 Å². The number of hydrogen-bond acceptors (Lipinski definition) is 7. The summed E-state index contributed by atoms with van der Waals surface area (Å²) in [5, 5.41) is 8.60. The summed E-state index contributed by atoms with van der Waals surface area (Å²) in [6, 6.07) is 0. The Kier molecular flexibility index (Phi) is 4.89. The molecule has 1 amide bonds. The lowest BCUT2D eigenvalue weighted by Crippen LogP contribution is -2.63. The summed E-state index contributed by atoms with van der Waals surface area (Å²) in [4.78, 5) is 29.8. The molecule has 3 rings (SSSR count). The standard InChI is InChI=1S/C15H17N5O2S3/c1-7-18-19-14(25-7)24-6-8-5-23-13-9(17-16)12(22)20(13)10(8)11(21)15(2,3)4/h13H,5-6H2,1-4H3/t13-/m0/s1. The summed E-state index contributed by atoms with van der Waals surface area (Å²) in [6.45, 7) is 7.40. The second-order valence-electron chi connectivity index (χ2n) is 6.73. The molecule has 0 bridgehead atoms. The number of aromatic nitrogens is 2. The van der Waals surface area contributed by atoms with Crippen molar-refractivity contribution >= 4 is 52.3 Å². The van der Waals surface area contributed by atoms with E-state index in [2.05, 4.69) is 15.0 Å². The molecule has 1 aromatic rings. The van der Waals surface area contributed by atoms with Crippen LogP contribution in [0.25, 0.3) is 5.53 Å². The van der Waals surface area contributed by atoms with Crippen LogP contribution in [0.1, 0.15) is 25.8 Å². The van der Waals surface area contributed by atoms with Crippen LogP contribution in [0, 0.1) is 12.3 Å². The number of hydrogen-bond donors (Lipinski definition) is 0. The van der Waals surface area contributed by atoms with E-state index < -0.39 is 11.3 Å². The van der Waals surface area contributed by atoms with Gasteiger partial charge in [0, 0.05) is 16.9 Å². The molecular formula is C15H17N5O2S3. The Morgan fingerprint density at radius 2 is 2.16 bits per heavy atom. The molecule has 0 unspecified atom stereocenters. The predicted octanol–water partition coefficient (Wildman–Crippen LogP) is 2.39. The molecule has 10 heteroatoms. The molecule has 1 saturated heterocycles.